The number of amides is 1. The second-order valence-electron chi connectivity index (χ2n) is 5.74. The Kier molecular flexibility index (Phi) is 5.32. The summed E-state index contributed by atoms with van der Waals surface area (Å²) in [6.07, 6.45) is 3.22. The number of amidine groups is 1. The van der Waals surface area contributed by atoms with E-state index in [2.05, 4.69) is 20.4 Å². The molecule has 0 saturated carbocycles. The molecule has 25 heavy (non-hydrogen) atoms. The number of nitrogens with one attached hydrogen (secondary N) is 1. The number of hydrogen-bond donors (Lipinski definition) is 2. The number of benzene rings is 1. The molecule has 132 valence electrons. The Labute approximate surface area is 148 Å². The molecule has 0 bridgehead atoms. The zero-order valence-electron chi connectivity index (χ0n) is 13.3. The van der Waals surface area contributed by atoms with Crippen LogP contribution in [0.2, 0.25) is 0 Å². The first kappa shape index (κ1) is 17.4. The molecule has 2 heterocycles. The molecule has 1 atom stereocenters. The Morgan fingerprint density at radius 3 is 2.88 bits per heavy atom. The van der Waals surface area contributed by atoms with Crippen molar-refractivity contribution in [3.05, 3.63) is 29.6 Å². The van der Waals surface area contributed by atoms with Gasteiger partial charge in [-0.15, -0.1) is 5.10 Å². The van der Waals surface area contributed by atoms with E-state index in [4.69, 9.17) is 5.11 Å². The zero-order chi connectivity index (χ0) is 17.8. The van der Waals surface area contributed by atoms with Crippen molar-refractivity contribution >= 4 is 40.7 Å². The SMILES string of the molecule is O=C(O)CC1SC(=NN=Cc2ccc(N3CCCC3)cc2F)NC1=O. The van der Waals surface area contributed by atoms with Crippen molar-refractivity contribution in [2.24, 2.45) is 10.2 Å². The molecule has 0 aromatic heterocycles. The van der Waals surface area contributed by atoms with E-state index in [0.29, 0.717) is 5.56 Å². The number of carbonyl (C=O) groups excluding carboxylic acids is 1. The third kappa shape index (κ3) is 4.36. The highest BCUT2D eigenvalue weighted by molar-refractivity contribution is 8.15. The van der Waals surface area contributed by atoms with Gasteiger partial charge in [0.2, 0.25) is 5.91 Å². The number of nitrogens with zero attached hydrogens (tertiary/aromatic N) is 3. The van der Waals surface area contributed by atoms with Gasteiger partial charge in [-0.3, -0.25) is 9.59 Å². The van der Waals surface area contributed by atoms with Crippen molar-refractivity contribution in [2.75, 3.05) is 18.0 Å². The van der Waals surface area contributed by atoms with Crippen molar-refractivity contribution < 1.29 is 19.1 Å². The number of carbonyl (C=O) groups is 2. The van der Waals surface area contributed by atoms with Crippen LogP contribution in [0.3, 0.4) is 0 Å². The van der Waals surface area contributed by atoms with Crippen LogP contribution >= 0.6 is 11.8 Å². The number of aliphatic carboxylic acids is 1. The summed E-state index contributed by atoms with van der Waals surface area (Å²) in [4.78, 5) is 24.4. The molecular weight excluding hydrogens is 347 g/mol. The van der Waals surface area contributed by atoms with Gasteiger partial charge in [0.15, 0.2) is 5.17 Å². The van der Waals surface area contributed by atoms with Gasteiger partial charge in [-0.1, -0.05) is 11.8 Å². The molecule has 2 fully saturated rings. The summed E-state index contributed by atoms with van der Waals surface area (Å²) in [6.45, 7) is 1.88. The third-order valence-electron chi connectivity index (χ3n) is 3.94. The van der Waals surface area contributed by atoms with E-state index in [0.717, 1.165) is 43.4 Å². The lowest BCUT2D eigenvalue weighted by atomic mass is 10.2. The number of hydrogen-bond acceptors (Lipinski definition) is 6. The molecule has 2 aliphatic rings. The van der Waals surface area contributed by atoms with Gasteiger partial charge in [0.1, 0.15) is 11.1 Å². The number of carboxylic acids is 1. The second-order valence-corrected chi connectivity index (χ2v) is 6.93. The maximum atomic E-state index is 14.2. The monoisotopic (exact) mass is 364 g/mol. The van der Waals surface area contributed by atoms with Gasteiger partial charge in [0.25, 0.3) is 0 Å². The molecule has 1 aromatic carbocycles. The number of halogens is 1. The fourth-order valence-corrected chi connectivity index (χ4v) is 3.60. The number of rotatable bonds is 5. The molecule has 0 radical (unpaired) electrons. The van der Waals surface area contributed by atoms with Crippen molar-refractivity contribution in [3.8, 4) is 0 Å². The van der Waals surface area contributed by atoms with E-state index in [1.54, 1.807) is 6.07 Å². The number of thioether (sulfide) groups is 1. The van der Waals surface area contributed by atoms with Crippen LogP contribution in [-0.4, -0.2) is 46.7 Å². The molecule has 2 aliphatic heterocycles. The molecule has 0 aliphatic carbocycles. The Bertz CT molecular complexity index is 747. The van der Waals surface area contributed by atoms with E-state index in [1.165, 1.54) is 12.3 Å². The average Bonchev–Trinajstić information content (AvgIpc) is 3.19. The summed E-state index contributed by atoms with van der Waals surface area (Å²) < 4.78 is 14.2. The van der Waals surface area contributed by atoms with Gasteiger partial charge in [0, 0.05) is 24.3 Å². The Morgan fingerprint density at radius 1 is 1.44 bits per heavy atom. The van der Waals surface area contributed by atoms with Crippen molar-refractivity contribution in [1.82, 2.24) is 5.32 Å². The first-order chi connectivity index (χ1) is 12.0. The highest BCUT2D eigenvalue weighted by Crippen LogP contribution is 2.23. The molecular formula is C16H17FN4O3S. The van der Waals surface area contributed by atoms with Crippen LogP contribution in [0.25, 0.3) is 0 Å². The zero-order valence-corrected chi connectivity index (χ0v) is 14.1. The van der Waals surface area contributed by atoms with Gasteiger partial charge < -0.3 is 15.3 Å². The molecule has 2 saturated heterocycles. The van der Waals surface area contributed by atoms with Gasteiger partial charge in [-0.25, -0.2) is 4.39 Å². The van der Waals surface area contributed by atoms with Crippen molar-refractivity contribution in [1.29, 1.82) is 0 Å². The lowest BCUT2D eigenvalue weighted by Crippen LogP contribution is -2.26. The van der Waals surface area contributed by atoms with E-state index in [9.17, 15) is 14.0 Å². The average molecular weight is 364 g/mol. The molecule has 7 nitrogen and oxygen atoms in total. The summed E-state index contributed by atoms with van der Waals surface area (Å²) in [6, 6.07) is 4.97. The minimum atomic E-state index is -1.06. The molecule has 9 heteroatoms. The first-order valence-corrected chi connectivity index (χ1v) is 8.76. The van der Waals surface area contributed by atoms with Crippen LogP contribution < -0.4 is 10.2 Å². The van der Waals surface area contributed by atoms with Crippen LogP contribution in [0, 0.1) is 5.82 Å². The lowest BCUT2D eigenvalue weighted by Gasteiger charge is -2.17. The third-order valence-corrected chi connectivity index (χ3v) is 5.01. The van der Waals surface area contributed by atoms with E-state index < -0.39 is 17.1 Å². The van der Waals surface area contributed by atoms with Gasteiger partial charge in [-0.2, -0.15) is 5.10 Å². The standard InChI is InChI=1S/C16H17FN4O3S/c17-12-7-11(21-5-1-2-6-21)4-3-10(12)9-18-20-16-19-15(24)13(25-16)8-14(22)23/h3-4,7,9,13H,1-2,5-6,8H2,(H,22,23)(H,19,20,24). The minimum Gasteiger partial charge on any atom is -0.481 e. The fraction of sp³-hybridized carbons (Fsp3) is 0.375. The number of carboxylic acid groups (broad SMARTS) is 1. The summed E-state index contributed by atoms with van der Waals surface area (Å²) >= 11 is 1.00. The maximum Gasteiger partial charge on any atom is 0.305 e. The highest BCUT2D eigenvalue weighted by atomic mass is 32.2. The van der Waals surface area contributed by atoms with E-state index in [-0.39, 0.29) is 17.4 Å². The number of anilines is 1. The summed E-state index contributed by atoms with van der Waals surface area (Å²) in [5, 5.41) is 18.3. The van der Waals surface area contributed by atoms with Crippen molar-refractivity contribution in [3.63, 3.8) is 0 Å². The van der Waals surface area contributed by atoms with Gasteiger partial charge in [-0.05, 0) is 31.0 Å². The molecule has 0 spiro atoms. The first-order valence-electron chi connectivity index (χ1n) is 7.88. The smallest absolute Gasteiger partial charge is 0.305 e. The Hall–Kier alpha value is -2.42. The van der Waals surface area contributed by atoms with Crippen LogP contribution in [0.5, 0.6) is 0 Å². The molecule has 2 N–H and O–H groups in total. The van der Waals surface area contributed by atoms with E-state index >= 15 is 0 Å². The fourth-order valence-electron chi connectivity index (χ4n) is 2.68. The summed E-state index contributed by atoms with van der Waals surface area (Å²) in [5.41, 5.74) is 1.15. The van der Waals surface area contributed by atoms with Crippen LogP contribution in [0.1, 0.15) is 24.8 Å². The summed E-state index contributed by atoms with van der Waals surface area (Å²) in [7, 11) is 0. The molecule has 1 amide bonds. The minimum absolute atomic E-state index is 0.210. The quantitative estimate of drug-likeness (QED) is 0.614. The topological polar surface area (TPSA) is 94.4 Å². The molecule has 1 aromatic rings. The maximum absolute atomic E-state index is 14.2. The molecule has 1 unspecified atom stereocenters. The van der Waals surface area contributed by atoms with E-state index in [1.807, 2.05) is 6.07 Å². The summed E-state index contributed by atoms with van der Waals surface area (Å²) in [5.74, 6) is -1.86. The highest BCUT2D eigenvalue weighted by Gasteiger charge is 2.32. The van der Waals surface area contributed by atoms with Crippen molar-refractivity contribution in [2.45, 2.75) is 24.5 Å². The van der Waals surface area contributed by atoms with Crippen LogP contribution in [0.15, 0.2) is 28.4 Å². The van der Waals surface area contributed by atoms with Crippen LogP contribution in [-0.2, 0) is 9.59 Å². The second kappa shape index (κ2) is 7.64. The van der Waals surface area contributed by atoms with Crippen LogP contribution in [0.4, 0.5) is 10.1 Å². The Balaban J connectivity index is 1.64. The predicted octanol–water partition coefficient (Wildman–Crippen LogP) is 1.82. The largest absolute Gasteiger partial charge is 0.481 e. The normalized spacial score (nSPS) is 22.1. The van der Waals surface area contributed by atoms with Gasteiger partial charge >= 0.3 is 5.97 Å². The Morgan fingerprint density at radius 2 is 2.20 bits per heavy atom. The van der Waals surface area contributed by atoms with Gasteiger partial charge in [0.05, 0.1) is 12.6 Å². The predicted molar refractivity (Wildman–Crippen MR) is 94.7 cm³/mol. The lowest BCUT2D eigenvalue weighted by molar-refractivity contribution is -0.138. The molecule has 3 rings (SSSR count).